The van der Waals surface area contributed by atoms with Crippen molar-refractivity contribution in [1.82, 2.24) is 5.32 Å². The van der Waals surface area contributed by atoms with Gasteiger partial charge in [-0.25, -0.2) is 0 Å². The van der Waals surface area contributed by atoms with E-state index in [1.807, 2.05) is 13.8 Å². The zero-order valence-electron chi connectivity index (χ0n) is 17.5. The molecular weight excluding hydrogens is 332 g/mol. The van der Waals surface area contributed by atoms with E-state index in [1.165, 1.54) is 0 Å². The van der Waals surface area contributed by atoms with Crippen LogP contribution >= 0.6 is 0 Å². The van der Waals surface area contributed by atoms with Crippen LogP contribution in [0, 0.1) is 0 Å². The van der Waals surface area contributed by atoms with E-state index in [0.29, 0.717) is 32.7 Å². The molecule has 3 N–H and O–H groups in total. The summed E-state index contributed by atoms with van der Waals surface area (Å²) in [4.78, 5) is 11.6. The van der Waals surface area contributed by atoms with Crippen LogP contribution in [0.15, 0.2) is 0 Å². The standard InChI is InChI=1S/C18H38N2O4.C2H6/c1-2-12-22-17-11-20-18(21)9-5-3-6-13-23-14-7-4-8-15-24-16-10-19;1-2/h2-17,19H2,1H3,(H,20,21);1-2H3. The monoisotopic (exact) mass is 376 g/mol. The van der Waals surface area contributed by atoms with Gasteiger partial charge in [-0.15, -0.1) is 0 Å². The van der Waals surface area contributed by atoms with Crippen LogP contribution in [-0.2, 0) is 19.0 Å². The van der Waals surface area contributed by atoms with Crippen molar-refractivity contribution in [2.24, 2.45) is 5.73 Å². The summed E-state index contributed by atoms with van der Waals surface area (Å²) >= 11 is 0. The quantitative estimate of drug-likeness (QED) is 0.338. The Bertz CT molecular complexity index is 266. The van der Waals surface area contributed by atoms with Crippen molar-refractivity contribution >= 4 is 5.91 Å². The Hall–Kier alpha value is -0.690. The van der Waals surface area contributed by atoms with Gasteiger partial charge in [-0.1, -0.05) is 27.2 Å². The van der Waals surface area contributed by atoms with Crippen molar-refractivity contribution in [2.45, 2.75) is 72.1 Å². The van der Waals surface area contributed by atoms with Crippen LogP contribution in [0.4, 0.5) is 0 Å². The first-order valence-corrected chi connectivity index (χ1v) is 10.5. The molecule has 0 heterocycles. The van der Waals surface area contributed by atoms with Crippen LogP contribution in [0.2, 0.25) is 0 Å². The van der Waals surface area contributed by atoms with Gasteiger partial charge in [0, 0.05) is 45.9 Å². The van der Waals surface area contributed by atoms with Crippen molar-refractivity contribution in [3.63, 3.8) is 0 Å². The number of carbonyl (C=O) groups excluding carboxylic acids is 1. The predicted octanol–water partition coefficient (Wildman–Crippen LogP) is 3.28. The summed E-state index contributed by atoms with van der Waals surface area (Å²) < 4.78 is 16.2. The lowest BCUT2D eigenvalue weighted by Gasteiger charge is -2.06. The first-order chi connectivity index (χ1) is 12.8. The summed E-state index contributed by atoms with van der Waals surface area (Å²) in [7, 11) is 0. The molecule has 0 aromatic rings. The zero-order valence-corrected chi connectivity index (χ0v) is 17.5. The SMILES string of the molecule is CC.CCCOCCNC(=O)CCCCCOCCCCCOCCN. The highest BCUT2D eigenvalue weighted by Gasteiger charge is 2.00. The van der Waals surface area contributed by atoms with E-state index in [1.54, 1.807) is 0 Å². The van der Waals surface area contributed by atoms with Gasteiger partial charge in [0.1, 0.15) is 0 Å². The normalized spacial score (nSPS) is 10.3. The molecule has 0 aromatic carbocycles. The minimum atomic E-state index is 0.118. The van der Waals surface area contributed by atoms with E-state index < -0.39 is 0 Å². The molecule has 158 valence electrons. The average molecular weight is 377 g/mol. The molecular formula is C20H44N2O4. The van der Waals surface area contributed by atoms with Crippen LogP contribution in [0.25, 0.3) is 0 Å². The van der Waals surface area contributed by atoms with Gasteiger partial charge in [-0.05, 0) is 38.5 Å². The van der Waals surface area contributed by atoms with Gasteiger partial charge in [-0.3, -0.25) is 4.79 Å². The molecule has 0 aliphatic heterocycles. The molecule has 26 heavy (non-hydrogen) atoms. The Balaban J connectivity index is 0. The maximum absolute atomic E-state index is 11.6. The van der Waals surface area contributed by atoms with Crippen LogP contribution in [0.3, 0.4) is 0 Å². The third-order valence-corrected chi connectivity index (χ3v) is 3.45. The molecule has 0 radical (unpaired) electrons. The zero-order chi connectivity index (χ0) is 19.7. The molecule has 0 aliphatic carbocycles. The minimum Gasteiger partial charge on any atom is -0.381 e. The Morgan fingerprint density at radius 1 is 0.769 bits per heavy atom. The van der Waals surface area contributed by atoms with Crippen molar-refractivity contribution < 1.29 is 19.0 Å². The number of nitrogens with two attached hydrogens (primary N) is 1. The second kappa shape index (κ2) is 26.5. The van der Waals surface area contributed by atoms with Crippen molar-refractivity contribution in [3.05, 3.63) is 0 Å². The molecule has 0 rings (SSSR count). The van der Waals surface area contributed by atoms with E-state index in [4.69, 9.17) is 19.9 Å². The first kappa shape index (κ1) is 27.5. The highest BCUT2D eigenvalue weighted by molar-refractivity contribution is 5.75. The Morgan fingerprint density at radius 3 is 1.88 bits per heavy atom. The molecule has 0 saturated carbocycles. The van der Waals surface area contributed by atoms with Crippen molar-refractivity contribution in [3.8, 4) is 0 Å². The van der Waals surface area contributed by atoms with E-state index in [0.717, 1.165) is 71.4 Å². The molecule has 0 aromatic heterocycles. The van der Waals surface area contributed by atoms with Gasteiger partial charge >= 0.3 is 0 Å². The molecule has 0 spiro atoms. The van der Waals surface area contributed by atoms with Gasteiger partial charge < -0.3 is 25.3 Å². The Morgan fingerprint density at radius 2 is 1.31 bits per heavy atom. The van der Waals surface area contributed by atoms with E-state index in [2.05, 4.69) is 12.2 Å². The molecule has 0 bridgehead atoms. The maximum atomic E-state index is 11.6. The number of carbonyl (C=O) groups is 1. The largest absolute Gasteiger partial charge is 0.381 e. The van der Waals surface area contributed by atoms with Crippen LogP contribution in [0.5, 0.6) is 0 Å². The number of hydrogen-bond acceptors (Lipinski definition) is 5. The predicted molar refractivity (Wildman–Crippen MR) is 108 cm³/mol. The van der Waals surface area contributed by atoms with E-state index in [-0.39, 0.29) is 5.91 Å². The third kappa shape index (κ3) is 25.5. The van der Waals surface area contributed by atoms with Crippen LogP contribution < -0.4 is 11.1 Å². The van der Waals surface area contributed by atoms with E-state index >= 15 is 0 Å². The maximum Gasteiger partial charge on any atom is 0.220 e. The molecule has 6 heteroatoms. The highest BCUT2D eigenvalue weighted by atomic mass is 16.5. The van der Waals surface area contributed by atoms with Gasteiger partial charge in [-0.2, -0.15) is 0 Å². The highest BCUT2D eigenvalue weighted by Crippen LogP contribution is 2.02. The molecule has 0 aliphatic rings. The van der Waals surface area contributed by atoms with Crippen LogP contribution in [-0.4, -0.2) is 58.6 Å². The molecule has 0 unspecified atom stereocenters. The number of ether oxygens (including phenoxy) is 3. The summed E-state index contributed by atoms with van der Waals surface area (Å²) in [6.07, 6.45) is 7.86. The van der Waals surface area contributed by atoms with Crippen LogP contribution in [0.1, 0.15) is 72.1 Å². The molecule has 0 fully saturated rings. The summed E-state index contributed by atoms with van der Waals surface area (Å²) in [6.45, 7) is 11.7. The van der Waals surface area contributed by atoms with Crippen molar-refractivity contribution in [1.29, 1.82) is 0 Å². The lowest BCUT2D eigenvalue weighted by Crippen LogP contribution is -2.27. The lowest BCUT2D eigenvalue weighted by atomic mass is 10.2. The third-order valence-electron chi connectivity index (χ3n) is 3.45. The number of hydrogen-bond donors (Lipinski definition) is 2. The van der Waals surface area contributed by atoms with E-state index in [9.17, 15) is 4.79 Å². The summed E-state index contributed by atoms with van der Waals surface area (Å²) in [5.41, 5.74) is 5.34. The topological polar surface area (TPSA) is 82.8 Å². The van der Waals surface area contributed by atoms with Gasteiger partial charge in [0.15, 0.2) is 0 Å². The fraction of sp³-hybridized carbons (Fsp3) is 0.950. The summed E-state index contributed by atoms with van der Waals surface area (Å²) in [5, 5.41) is 2.87. The lowest BCUT2D eigenvalue weighted by molar-refractivity contribution is -0.121. The van der Waals surface area contributed by atoms with Gasteiger partial charge in [0.05, 0.1) is 13.2 Å². The number of rotatable bonds is 19. The number of unbranched alkanes of at least 4 members (excludes halogenated alkanes) is 4. The molecule has 0 atom stereocenters. The summed E-state index contributed by atoms with van der Waals surface area (Å²) in [5.74, 6) is 0.118. The second-order valence-corrected chi connectivity index (χ2v) is 5.85. The Labute approximate surface area is 161 Å². The average Bonchev–Trinajstić information content (AvgIpc) is 2.67. The number of amides is 1. The first-order valence-electron chi connectivity index (χ1n) is 10.5. The number of nitrogens with one attached hydrogen (secondary N) is 1. The smallest absolute Gasteiger partial charge is 0.220 e. The second-order valence-electron chi connectivity index (χ2n) is 5.85. The van der Waals surface area contributed by atoms with Gasteiger partial charge in [0.2, 0.25) is 5.91 Å². The van der Waals surface area contributed by atoms with Crippen molar-refractivity contribution in [2.75, 3.05) is 52.7 Å². The van der Waals surface area contributed by atoms with Gasteiger partial charge in [0.25, 0.3) is 0 Å². The summed E-state index contributed by atoms with van der Waals surface area (Å²) in [6, 6.07) is 0. The minimum absolute atomic E-state index is 0.118. The fourth-order valence-electron chi connectivity index (χ4n) is 2.14. The Kier molecular flexibility index (Phi) is 28.1. The fourth-order valence-corrected chi connectivity index (χ4v) is 2.14. The molecule has 0 saturated heterocycles. The molecule has 6 nitrogen and oxygen atoms in total. The molecule has 1 amide bonds.